The number of amides is 1. The van der Waals surface area contributed by atoms with E-state index in [9.17, 15) is 18.0 Å². The monoisotopic (exact) mass is 355 g/mol. The highest BCUT2D eigenvalue weighted by Gasteiger charge is 2.41. The smallest absolute Gasteiger partial charge is 0.475 e. The van der Waals surface area contributed by atoms with Gasteiger partial charge in [-0.05, 0) is 24.1 Å². The number of hydrogen-bond acceptors (Lipinski definition) is 4. The maximum Gasteiger partial charge on any atom is 0.490 e. The van der Waals surface area contributed by atoms with Gasteiger partial charge in [0.2, 0.25) is 5.91 Å². The van der Waals surface area contributed by atoms with Gasteiger partial charge in [0.15, 0.2) is 0 Å². The molecular weight excluding hydrogens is 339 g/mol. The van der Waals surface area contributed by atoms with Crippen molar-refractivity contribution in [3.8, 4) is 6.07 Å². The Balaban J connectivity index is 0.000000277. The number of likely N-dealkylation sites (tertiary alicyclic amines) is 1. The number of nitriles is 1. The van der Waals surface area contributed by atoms with Gasteiger partial charge in [0.1, 0.15) is 0 Å². The van der Waals surface area contributed by atoms with Gasteiger partial charge >= 0.3 is 12.1 Å². The average Bonchev–Trinajstić information content (AvgIpc) is 3.07. The number of carbonyl (C=O) groups is 2. The second kappa shape index (κ2) is 7.53. The number of carboxylic acids is 1. The Hall–Kier alpha value is -2.60. The number of hydrogen-bond donors (Lipinski definition) is 2. The maximum atomic E-state index is 11.4. The van der Waals surface area contributed by atoms with Crippen molar-refractivity contribution in [2.75, 3.05) is 6.54 Å². The minimum absolute atomic E-state index is 0.167. The Morgan fingerprint density at radius 2 is 2.12 bits per heavy atom. The summed E-state index contributed by atoms with van der Waals surface area (Å²) < 4.78 is 31.7. The summed E-state index contributed by atoms with van der Waals surface area (Å²) in [6.07, 6.45) is -3.43. The third-order valence-corrected chi connectivity index (χ3v) is 4.09. The molecule has 2 aliphatic heterocycles. The predicted octanol–water partition coefficient (Wildman–Crippen LogP) is 1.65. The van der Waals surface area contributed by atoms with Crippen LogP contribution >= 0.6 is 0 Å². The van der Waals surface area contributed by atoms with Crippen molar-refractivity contribution >= 4 is 11.9 Å². The maximum absolute atomic E-state index is 11.4. The van der Waals surface area contributed by atoms with E-state index in [-0.39, 0.29) is 5.91 Å². The number of rotatable bonds is 2. The van der Waals surface area contributed by atoms with Gasteiger partial charge in [-0.2, -0.15) is 18.4 Å². The molecule has 2 fully saturated rings. The van der Waals surface area contributed by atoms with Crippen LogP contribution in [-0.4, -0.2) is 46.7 Å². The first kappa shape index (κ1) is 18.7. The standard InChI is InChI=1S/C14H15N3O.C2HF3O2/c15-8-10-2-1-3-11(6-10)9-17-5-4-12-13(17)7-14(18)16-12;3-2(4,5)1(6)7/h1-3,6,12-13H,4-5,7,9H2,(H,16,18);(H,6,7)/t12-,13+;/m1./s1. The molecule has 9 heteroatoms. The molecule has 0 aromatic heterocycles. The molecule has 0 bridgehead atoms. The molecule has 3 rings (SSSR count). The van der Waals surface area contributed by atoms with Crippen molar-refractivity contribution in [1.29, 1.82) is 5.26 Å². The Kier molecular flexibility index (Phi) is 5.64. The van der Waals surface area contributed by atoms with Crippen LogP contribution in [0.3, 0.4) is 0 Å². The number of carboxylic acid groups (broad SMARTS) is 1. The van der Waals surface area contributed by atoms with E-state index in [4.69, 9.17) is 15.2 Å². The third-order valence-electron chi connectivity index (χ3n) is 4.09. The summed E-state index contributed by atoms with van der Waals surface area (Å²) in [7, 11) is 0. The highest BCUT2D eigenvalue weighted by Crippen LogP contribution is 2.27. The summed E-state index contributed by atoms with van der Waals surface area (Å²) in [6, 6.07) is 10.5. The molecule has 6 nitrogen and oxygen atoms in total. The van der Waals surface area contributed by atoms with E-state index in [1.165, 1.54) is 0 Å². The fourth-order valence-electron chi connectivity index (χ4n) is 2.98. The van der Waals surface area contributed by atoms with Gasteiger partial charge in [0, 0.05) is 31.6 Å². The number of aliphatic carboxylic acids is 1. The number of halogens is 3. The summed E-state index contributed by atoms with van der Waals surface area (Å²) >= 11 is 0. The van der Waals surface area contributed by atoms with Crippen LogP contribution in [0.15, 0.2) is 24.3 Å². The Morgan fingerprint density at radius 1 is 1.44 bits per heavy atom. The van der Waals surface area contributed by atoms with E-state index in [1.54, 1.807) is 0 Å². The summed E-state index contributed by atoms with van der Waals surface area (Å²) in [5, 5.41) is 19.0. The van der Waals surface area contributed by atoms with Gasteiger partial charge in [0.25, 0.3) is 0 Å². The zero-order chi connectivity index (χ0) is 18.6. The molecule has 1 amide bonds. The fraction of sp³-hybridized carbons (Fsp3) is 0.438. The largest absolute Gasteiger partial charge is 0.490 e. The molecule has 2 aliphatic rings. The molecule has 0 radical (unpaired) electrons. The van der Waals surface area contributed by atoms with E-state index in [2.05, 4.69) is 16.3 Å². The van der Waals surface area contributed by atoms with Crippen molar-refractivity contribution in [1.82, 2.24) is 10.2 Å². The lowest BCUT2D eigenvalue weighted by Gasteiger charge is -2.22. The van der Waals surface area contributed by atoms with Crippen LogP contribution in [0.2, 0.25) is 0 Å². The first-order valence-electron chi connectivity index (χ1n) is 7.53. The van der Waals surface area contributed by atoms with Gasteiger partial charge < -0.3 is 10.4 Å². The van der Waals surface area contributed by atoms with Gasteiger partial charge in [-0.25, -0.2) is 4.79 Å². The Labute approximate surface area is 141 Å². The number of nitrogens with zero attached hydrogens (tertiary/aromatic N) is 2. The molecule has 0 unspecified atom stereocenters. The topological polar surface area (TPSA) is 93.4 Å². The quantitative estimate of drug-likeness (QED) is 0.841. The van der Waals surface area contributed by atoms with Crippen molar-refractivity contribution in [3.05, 3.63) is 35.4 Å². The number of carbonyl (C=O) groups excluding carboxylic acids is 1. The normalized spacial score (nSPS) is 22.4. The van der Waals surface area contributed by atoms with Crippen LogP contribution in [-0.2, 0) is 16.1 Å². The number of alkyl halides is 3. The molecular formula is C16H16F3N3O3. The number of benzene rings is 1. The number of nitrogens with one attached hydrogen (secondary N) is 1. The second-order valence-corrected chi connectivity index (χ2v) is 5.82. The Morgan fingerprint density at radius 3 is 2.72 bits per heavy atom. The molecule has 134 valence electrons. The van der Waals surface area contributed by atoms with Crippen LogP contribution in [0.4, 0.5) is 13.2 Å². The van der Waals surface area contributed by atoms with E-state index in [0.717, 1.165) is 25.1 Å². The molecule has 2 N–H and O–H groups in total. The van der Waals surface area contributed by atoms with Gasteiger partial charge in [0.05, 0.1) is 11.6 Å². The zero-order valence-electron chi connectivity index (χ0n) is 13.1. The molecule has 0 aliphatic carbocycles. The van der Waals surface area contributed by atoms with Crippen LogP contribution in [0, 0.1) is 11.3 Å². The molecule has 0 spiro atoms. The molecule has 2 heterocycles. The Bertz CT molecular complexity index is 700. The van der Waals surface area contributed by atoms with Gasteiger partial charge in [-0.1, -0.05) is 12.1 Å². The summed E-state index contributed by atoms with van der Waals surface area (Å²) in [5.74, 6) is -2.59. The van der Waals surface area contributed by atoms with Crippen LogP contribution in [0.1, 0.15) is 24.0 Å². The van der Waals surface area contributed by atoms with Gasteiger partial charge in [-0.15, -0.1) is 0 Å². The van der Waals surface area contributed by atoms with Crippen molar-refractivity contribution in [2.45, 2.75) is 37.6 Å². The molecule has 1 aromatic rings. The molecule has 0 saturated carbocycles. The van der Waals surface area contributed by atoms with E-state index < -0.39 is 12.1 Å². The minimum atomic E-state index is -5.08. The van der Waals surface area contributed by atoms with Crippen molar-refractivity contribution in [2.24, 2.45) is 0 Å². The van der Waals surface area contributed by atoms with E-state index >= 15 is 0 Å². The molecule has 1 aromatic carbocycles. The lowest BCUT2D eigenvalue weighted by Crippen LogP contribution is -2.33. The summed E-state index contributed by atoms with van der Waals surface area (Å²) in [5.41, 5.74) is 1.85. The first-order valence-corrected chi connectivity index (χ1v) is 7.53. The zero-order valence-corrected chi connectivity index (χ0v) is 13.1. The van der Waals surface area contributed by atoms with Crippen LogP contribution in [0.25, 0.3) is 0 Å². The molecule has 2 saturated heterocycles. The third kappa shape index (κ3) is 4.93. The van der Waals surface area contributed by atoms with Crippen molar-refractivity contribution < 1.29 is 27.9 Å². The number of fused-ring (bicyclic) bond motifs is 1. The lowest BCUT2D eigenvalue weighted by molar-refractivity contribution is -0.192. The average molecular weight is 355 g/mol. The highest BCUT2D eigenvalue weighted by molar-refractivity contribution is 5.80. The fourth-order valence-corrected chi connectivity index (χ4v) is 2.98. The molecule has 2 atom stereocenters. The van der Waals surface area contributed by atoms with Crippen LogP contribution in [0.5, 0.6) is 0 Å². The summed E-state index contributed by atoms with van der Waals surface area (Å²) in [4.78, 5) is 22.6. The molecule has 25 heavy (non-hydrogen) atoms. The first-order chi connectivity index (χ1) is 11.7. The SMILES string of the molecule is N#Cc1cccc(CN2CC[C@H]3NC(=O)C[C@@H]32)c1.O=C(O)C(F)(F)F. The predicted molar refractivity (Wildman–Crippen MR) is 80.2 cm³/mol. The second-order valence-electron chi connectivity index (χ2n) is 5.82. The van der Waals surface area contributed by atoms with Gasteiger partial charge in [-0.3, -0.25) is 9.69 Å². The van der Waals surface area contributed by atoms with Crippen molar-refractivity contribution in [3.63, 3.8) is 0 Å². The minimum Gasteiger partial charge on any atom is -0.475 e. The highest BCUT2D eigenvalue weighted by atomic mass is 19.4. The van der Waals surface area contributed by atoms with E-state index in [0.29, 0.717) is 24.1 Å². The van der Waals surface area contributed by atoms with E-state index in [1.807, 2.05) is 24.3 Å². The lowest BCUT2D eigenvalue weighted by atomic mass is 10.1. The van der Waals surface area contributed by atoms with Crippen LogP contribution < -0.4 is 5.32 Å². The summed E-state index contributed by atoms with van der Waals surface area (Å²) in [6.45, 7) is 1.85.